The van der Waals surface area contributed by atoms with Gasteiger partial charge in [0.1, 0.15) is 11.5 Å². The normalized spacial score (nSPS) is 14.6. The highest BCUT2D eigenvalue weighted by Gasteiger charge is 2.35. The molecule has 108 valence electrons. The van der Waals surface area contributed by atoms with Crippen LogP contribution in [0, 0.1) is 0 Å². The lowest BCUT2D eigenvalue weighted by atomic mass is 9.75. The Balaban J connectivity index is 2.21. The Morgan fingerprint density at radius 3 is 2.57 bits per heavy atom. The number of carbonyl (C=O) groups excluding carboxylic acids is 1. The van der Waals surface area contributed by atoms with Gasteiger partial charge >= 0.3 is 5.97 Å². The molecule has 0 unspecified atom stereocenters. The zero-order chi connectivity index (χ0) is 15.2. The van der Waals surface area contributed by atoms with Crippen molar-refractivity contribution in [2.45, 2.75) is 19.3 Å². The van der Waals surface area contributed by atoms with E-state index >= 15 is 0 Å². The third-order valence-corrected chi connectivity index (χ3v) is 4.01. The standard InChI is InChI=1S/C17H17NO3/c1-17(2)11-6-4-5-7-14(11)21-15-8-10(16(19)20-3)13(18)9-12(15)17/h4-9H,18H2,1-3H3. The molecule has 0 bridgehead atoms. The first-order chi connectivity index (χ1) is 9.95. The Labute approximate surface area is 123 Å². The predicted molar refractivity (Wildman–Crippen MR) is 80.8 cm³/mol. The smallest absolute Gasteiger partial charge is 0.340 e. The van der Waals surface area contributed by atoms with Gasteiger partial charge in [-0.3, -0.25) is 0 Å². The van der Waals surface area contributed by atoms with Crippen molar-refractivity contribution in [1.29, 1.82) is 0 Å². The SMILES string of the molecule is COC(=O)c1cc2c(cc1N)C(C)(C)c1ccccc1O2. The quantitative estimate of drug-likeness (QED) is 0.643. The minimum Gasteiger partial charge on any atom is -0.465 e. The van der Waals surface area contributed by atoms with E-state index in [0.29, 0.717) is 17.0 Å². The molecule has 0 radical (unpaired) electrons. The molecule has 2 N–H and O–H groups in total. The molecule has 1 aliphatic heterocycles. The average molecular weight is 283 g/mol. The Hall–Kier alpha value is -2.49. The van der Waals surface area contributed by atoms with E-state index in [1.807, 2.05) is 24.3 Å². The predicted octanol–water partition coefficient (Wildman–Crippen LogP) is 3.49. The zero-order valence-corrected chi connectivity index (χ0v) is 12.3. The summed E-state index contributed by atoms with van der Waals surface area (Å²) in [6, 6.07) is 11.3. The second kappa shape index (κ2) is 4.52. The lowest BCUT2D eigenvalue weighted by molar-refractivity contribution is 0.0601. The van der Waals surface area contributed by atoms with Crippen molar-refractivity contribution in [3.63, 3.8) is 0 Å². The molecule has 0 saturated heterocycles. The van der Waals surface area contributed by atoms with Crippen LogP contribution < -0.4 is 10.5 Å². The van der Waals surface area contributed by atoms with Crippen LogP contribution in [0.2, 0.25) is 0 Å². The molecule has 1 heterocycles. The van der Waals surface area contributed by atoms with Crippen molar-refractivity contribution in [1.82, 2.24) is 0 Å². The highest BCUT2D eigenvalue weighted by atomic mass is 16.5. The summed E-state index contributed by atoms with van der Waals surface area (Å²) in [6.45, 7) is 4.23. The lowest BCUT2D eigenvalue weighted by Gasteiger charge is -2.34. The maximum Gasteiger partial charge on any atom is 0.340 e. The summed E-state index contributed by atoms with van der Waals surface area (Å²) in [5, 5.41) is 0. The van der Waals surface area contributed by atoms with Crippen LogP contribution >= 0.6 is 0 Å². The van der Waals surface area contributed by atoms with E-state index in [1.54, 1.807) is 12.1 Å². The summed E-state index contributed by atoms with van der Waals surface area (Å²) in [5.41, 5.74) is 8.55. The molecule has 2 aromatic rings. The summed E-state index contributed by atoms with van der Waals surface area (Å²) in [7, 11) is 1.33. The molecular formula is C17H17NO3. The number of nitrogen functional groups attached to an aromatic ring is 1. The zero-order valence-electron chi connectivity index (χ0n) is 12.3. The number of methoxy groups -OCH3 is 1. The van der Waals surface area contributed by atoms with Crippen LogP contribution in [0.15, 0.2) is 36.4 Å². The van der Waals surface area contributed by atoms with E-state index in [0.717, 1.165) is 16.9 Å². The minimum absolute atomic E-state index is 0.243. The Kier molecular flexibility index (Phi) is 2.90. The van der Waals surface area contributed by atoms with Crippen molar-refractivity contribution in [3.8, 4) is 11.5 Å². The number of ether oxygens (including phenoxy) is 2. The fourth-order valence-corrected chi connectivity index (χ4v) is 2.79. The average Bonchev–Trinajstić information content (AvgIpc) is 2.47. The molecule has 21 heavy (non-hydrogen) atoms. The fourth-order valence-electron chi connectivity index (χ4n) is 2.79. The maximum atomic E-state index is 11.8. The van der Waals surface area contributed by atoms with E-state index < -0.39 is 5.97 Å². The van der Waals surface area contributed by atoms with E-state index in [2.05, 4.69) is 13.8 Å². The molecule has 0 aliphatic carbocycles. The highest BCUT2D eigenvalue weighted by Crippen LogP contribution is 2.48. The summed E-state index contributed by atoms with van der Waals surface area (Å²) in [4.78, 5) is 11.8. The number of rotatable bonds is 1. The first-order valence-corrected chi connectivity index (χ1v) is 6.75. The number of para-hydroxylation sites is 1. The molecule has 0 atom stereocenters. The van der Waals surface area contributed by atoms with E-state index in [-0.39, 0.29) is 5.41 Å². The van der Waals surface area contributed by atoms with Crippen LogP contribution in [0.5, 0.6) is 11.5 Å². The molecule has 0 fully saturated rings. The summed E-state index contributed by atoms with van der Waals surface area (Å²) < 4.78 is 10.7. The van der Waals surface area contributed by atoms with Gasteiger partial charge in [-0.05, 0) is 18.2 Å². The lowest BCUT2D eigenvalue weighted by Crippen LogP contribution is -2.25. The van der Waals surface area contributed by atoms with Crippen molar-refractivity contribution >= 4 is 11.7 Å². The van der Waals surface area contributed by atoms with Crippen LogP contribution in [0.1, 0.15) is 35.3 Å². The molecule has 0 spiro atoms. The number of benzene rings is 2. The molecule has 0 saturated carbocycles. The molecule has 3 rings (SSSR count). The first-order valence-electron chi connectivity index (χ1n) is 6.75. The minimum atomic E-state index is -0.462. The monoisotopic (exact) mass is 283 g/mol. The number of anilines is 1. The van der Waals surface area contributed by atoms with Crippen LogP contribution in [-0.2, 0) is 10.2 Å². The topological polar surface area (TPSA) is 61.5 Å². The van der Waals surface area contributed by atoms with E-state index in [4.69, 9.17) is 15.2 Å². The number of nitrogens with two attached hydrogens (primary N) is 1. The van der Waals surface area contributed by atoms with Crippen molar-refractivity contribution < 1.29 is 14.3 Å². The number of fused-ring (bicyclic) bond motifs is 2. The van der Waals surface area contributed by atoms with Crippen LogP contribution in [0.4, 0.5) is 5.69 Å². The van der Waals surface area contributed by atoms with Gasteiger partial charge in [0, 0.05) is 22.2 Å². The third kappa shape index (κ3) is 1.95. The van der Waals surface area contributed by atoms with Crippen LogP contribution in [-0.4, -0.2) is 13.1 Å². The number of carbonyl (C=O) groups is 1. The van der Waals surface area contributed by atoms with Crippen molar-refractivity contribution in [2.75, 3.05) is 12.8 Å². The van der Waals surface area contributed by atoms with Crippen LogP contribution in [0.25, 0.3) is 0 Å². The molecule has 2 aromatic carbocycles. The molecule has 0 aromatic heterocycles. The van der Waals surface area contributed by atoms with Gasteiger partial charge in [-0.25, -0.2) is 4.79 Å². The van der Waals surface area contributed by atoms with Gasteiger partial charge in [-0.15, -0.1) is 0 Å². The number of hydrogen-bond donors (Lipinski definition) is 1. The van der Waals surface area contributed by atoms with Gasteiger partial charge in [0.15, 0.2) is 0 Å². The molecule has 1 aliphatic rings. The summed E-state index contributed by atoms with van der Waals surface area (Å²) in [6.07, 6.45) is 0. The van der Waals surface area contributed by atoms with Crippen molar-refractivity contribution in [3.05, 3.63) is 53.1 Å². The molecule has 4 heteroatoms. The molecule has 4 nitrogen and oxygen atoms in total. The number of esters is 1. The van der Waals surface area contributed by atoms with Gasteiger partial charge in [-0.1, -0.05) is 32.0 Å². The van der Waals surface area contributed by atoms with Crippen LogP contribution in [0.3, 0.4) is 0 Å². The summed E-state index contributed by atoms with van der Waals surface area (Å²) >= 11 is 0. The fraction of sp³-hybridized carbons (Fsp3) is 0.235. The second-order valence-electron chi connectivity index (χ2n) is 5.65. The molecular weight excluding hydrogens is 266 g/mol. The first kappa shape index (κ1) is 13.5. The maximum absolute atomic E-state index is 11.8. The Morgan fingerprint density at radius 2 is 1.86 bits per heavy atom. The van der Waals surface area contributed by atoms with Gasteiger partial charge < -0.3 is 15.2 Å². The van der Waals surface area contributed by atoms with Gasteiger partial charge in [0.2, 0.25) is 0 Å². The number of hydrogen-bond acceptors (Lipinski definition) is 4. The largest absolute Gasteiger partial charge is 0.465 e. The van der Waals surface area contributed by atoms with E-state index in [1.165, 1.54) is 7.11 Å². The van der Waals surface area contributed by atoms with Crippen molar-refractivity contribution in [2.24, 2.45) is 0 Å². The Bertz CT molecular complexity index is 735. The Morgan fingerprint density at radius 1 is 1.14 bits per heavy atom. The summed E-state index contributed by atoms with van der Waals surface area (Å²) in [5.74, 6) is 0.986. The third-order valence-electron chi connectivity index (χ3n) is 4.01. The second-order valence-corrected chi connectivity index (χ2v) is 5.65. The highest BCUT2D eigenvalue weighted by molar-refractivity contribution is 5.96. The molecule has 0 amide bonds. The van der Waals surface area contributed by atoms with Gasteiger partial charge in [0.05, 0.1) is 12.7 Å². The van der Waals surface area contributed by atoms with E-state index in [9.17, 15) is 4.79 Å². The van der Waals surface area contributed by atoms with Gasteiger partial charge in [-0.2, -0.15) is 0 Å². The van der Waals surface area contributed by atoms with Gasteiger partial charge in [0.25, 0.3) is 0 Å².